The van der Waals surface area contributed by atoms with E-state index in [1.165, 1.54) is 0 Å². The number of rotatable bonds is 6. The van der Waals surface area contributed by atoms with E-state index in [0.29, 0.717) is 17.6 Å². The van der Waals surface area contributed by atoms with Crippen LogP contribution in [0.4, 0.5) is 0 Å². The lowest BCUT2D eigenvalue weighted by Gasteiger charge is -2.10. The standard InChI is InChI=1S/C14H21N3OS/c1-4-15-14(19)17-16-9-12-7-5-6-8-13(12)18-10-11(2)3/h5-9,11H,4,10H2,1-3H3,(H2,15,17,19). The second-order valence-corrected chi connectivity index (χ2v) is 4.88. The first-order valence-electron chi connectivity index (χ1n) is 6.42. The van der Waals surface area contributed by atoms with Crippen molar-refractivity contribution in [3.8, 4) is 5.75 Å². The fourth-order valence-electron chi connectivity index (χ4n) is 1.34. The van der Waals surface area contributed by atoms with Crippen molar-refractivity contribution in [1.82, 2.24) is 10.7 Å². The van der Waals surface area contributed by atoms with Gasteiger partial charge in [-0.1, -0.05) is 26.0 Å². The summed E-state index contributed by atoms with van der Waals surface area (Å²) in [6, 6.07) is 7.79. The molecule has 0 heterocycles. The van der Waals surface area contributed by atoms with Gasteiger partial charge in [0.1, 0.15) is 5.75 Å². The van der Waals surface area contributed by atoms with E-state index < -0.39 is 0 Å². The fourth-order valence-corrected chi connectivity index (χ4v) is 1.53. The Labute approximate surface area is 120 Å². The summed E-state index contributed by atoms with van der Waals surface area (Å²) in [6.07, 6.45) is 1.71. The molecule has 0 atom stereocenters. The maximum atomic E-state index is 5.74. The van der Waals surface area contributed by atoms with Gasteiger partial charge in [-0.05, 0) is 37.2 Å². The molecule has 0 saturated carbocycles. The zero-order valence-electron chi connectivity index (χ0n) is 11.6. The molecule has 0 bridgehead atoms. The van der Waals surface area contributed by atoms with Crippen LogP contribution >= 0.6 is 12.2 Å². The van der Waals surface area contributed by atoms with Crippen molar-refractivity contribution in [3.05, 3.63) is 29.8 Å². The molecule has 0 unspecified atom stereocenters. The third kappa shape index (κ3) is 6.20. The number of nitrogens with zero attached hydrogens (tertiary/aromatic N) is 1. The van der Waals surface area contributed by atoms with Crippen molar-refractivity contribution >= 4 is 23.5 Å². The molecule has 0 amide bonds. The Bertz CT molecular complexity index is 432. The third-order valence-corrected chi connectivity index (χ3v) is 2.43. The molecule has 0 aromatic heterocycles. The molecule has 1 aromatic rings. The monoisotopic (exact) mass is 279 g/mol. The van der Waals surface area contributed by atoms with Crippen LogP contribution < -0.4 is 15.5 Å². The normalized spacial score (nSPS) is 10.7. The van der Waals surface area contributed by atoms with Gasteiger partial charge in [-0.3, -0.25) is 5.43 Å². The van der Waals surface area contributed by atoms with E-state index in [1.807, 2.05) is 31.2 Å². The van der Waals surface area contributed by atoms with Gasteiger partial charge in [0.2, 0.25) is 0 Å². The van der Waals surface area contributed by atoms with Crippen LogP contribution in [0.5, 0.6) is 5.75 Å². The Kier molecular flexibility index (Phi) is 6.89. The SMILES string of the molecule is CCNC(=S)NN=Cc1ccccc1OCC(C)C. The Hall–Kier alpha value is -1.62. The zero-order chi connectivity index (χ0) is 14.1. The lowest BCUT2D eigenvalue weighted by atomic mass is 10.2. The molecule has 0 fully saturated rings. The number of para-hydroxylation sites is 1. The number of benzene rings is 1. The predicted molar refractivity (Wildman–Crippen MR) is 83.8 cm³/mol. The van der Waals surface area contributed by atoms with Gasteiger partial charge in [0, 0.05) is 12.1 Å². The van der Waals surface area contributed by atoms with E-state index in [9.17, 15) is 0 Å². The van der Waals surface area contributed by atoms with E-state index in [2.05, 4.69) is 29.7 Å². The Morgan fingerprint density at radius 1 is 1.42 bits per heavy atom. The summed E-state index contributed by atoms with van der Waals surface area (Å²) >= 11 is 5.02. The fraction of sp³-hybridized carbons (Fsp3) is 0.429. The van der Waals surface area contributed by atoms with Gasteiger partial charge in [-0.2, -0.15) is 5.10 Å². The van der Waals surface area contributed by atoms with Gasteiger partial charge in [0.05, 0.1) is 12.8 Å². The third-order valence-electron chi connectivity index (χ3n) is 2.20. The summed E-state index contributed by atoms with van der Waals surface area (Å²) in [5.74, 6) is 1.32. The first-order valence-corrected chi connectivity index (χ1v) is 6.83. The van der Waals surface area contributed by atoms with Gasteiger partial charge >= 0.3 is 0 Å². The van der Waals surface area contributed by atoms with E-state index in [0.717, 1.165) is 17.9 Å². The van der Waals surface area contributed by atoms with Gasteiger partial charge in [0.25, 0.3) is 0 Å². The van der Waals surface area contributed by atoms with Crippen LogP contribution in [-0.2, 0) is 0 Å². The number of ether oxygens (including phenoxy) is 1. The summed E-state index contributed by atoms with van der Waals surface area (Å²) in [5.41, 5.74) is 3.68. The van der Waals surface area contributed by atoms with Crippen LogP contribution in [0, 0.1) is 5.92 Å². The number of hydrogen-bond donors (Lipinski definition) is 2. The van der Waals surface area contributed by atoms with Crippen LogP contribution in [-0.4, -0.2) is 24.5 Å². The molecule has 5 heteroatoms. The van der Waals surface area contributed by atoms with Crippen LogP contribution in [0.15, 0.2) is 29.4 Å². The molecule has 1 aromatic carbocycles. The van der Waals surface area contributed by atoms with E-state index >= 15 is 0 Å². The van der Waals surface area contributed by atoms with E-state index in [-0.39, 0.29) is 0 Å². The van der Waals surface area contributed by atoms with Crippen molar-refractivity contribution in [2.45, 2.75) is 20.8 Å². The van der Waals surface area contributed by atoms with Crippen molar-refractivity contribution in [1.29, 1.82) is 0 Å². The molecule has 0 radical (unpaired) electrons. The van der Waals surface area contributed by atoms with E-state index in [1.54, 1.807) is 6.21 Å². The molecule has 1 rings (SSSR count). The average molecular weight is 279 g/mol. The Morgan fingerprint density at radius 3 is 2.84 bits per heavy atom. The molecule has 19 heavy (non-hydrogen) atoms. The molecule has 0 spiro atoms. The second-order valence-electron chi connectivity index (χ2n) is 4.47. The van der Waals surface area contributed by atoms with Crippen molar-refractivity contribution in [2.24, 2.45) is 11.0 Å². The zero-order valence-corrected chi connectivity index (χ0v) is 12.5. The second kappa shape index (κ2) is 8.48. The first-order chi connectivity index (χ1) is 9.13. The van der Waals surface area contributed by atoms with Crippen molar-refractivity contribution in [2.75, 3.05) is 13.2 Å². The van der Waals surface area contributed by atoms with Crippen LogP contribution in [0.1, 0.15) is 26.3 Å². The lowest BCUT2D eigenvalue weighted by Crippen LogP contribution is -2.31. The van der Waals surface area contributed by atoms with Crippen molar-refractivity contribution < 1.29 is 4.74 Å². The molecule has 0 aliphatic heterocycles. The highest BCUT2D eigenvalue weighted by Crippen LogP contribution is 2.16. The molecule has 4 nitrogen and oxygen atoms in total. The molecule has 2 N–H and O–H groups in total. The van der Waals surface area contributed by atoms with Gasteiger partial charge in [-0.15, -0.1) is 0 Å². The number of nitrogens with one attached hydrogen (secondary N) is 2. The van der Waals surface area contributed by atoms with Crippen molar-refractivity contribution in [3.63, 3.8) is 0 Å². The maximum absolute atomic E-state index is 5.74. The molecule has 0 aliphatic rings. The largest absolute Gasteiger partial charge is 0.493 e. The number of hydrogen-bond acceptors (Lipinski definition) is 3. The highest BCUT2D eigenvalue weighted by molar-refractivity contribution is 7.80. The van der Waals surface area contributed by atoms with Crippen LogP contribution in [0.25, 0.3) is 0 Å². The summed E-state index contributed by atoms with van der Waals surface area (Å²) in [7, 11) is 0. The molecule has 0 aliphatic carbocycles. The minimum absolute atomic E-state index is 0.490. The van der Waals surface area contributed by atoms with Crippen LogP contribution in [0.2, 0.25) is 0 Å². The summed E-state index contributed by atoms with van der Waals surface area (Å²) in [5, 5.41) is 7.56. The van der Waals surface area contributed by atoms with Gasteiger partial charge in [-0.25, -0.2) is 0 Å². The number of hydrazone groups is 1. The summed E-state index contributed by atoms with van der Waals surface area (Å²) < 4.78 is 5.74. The maximum Gasteiger partial charge on any atom is 0.186 e. The minimum Gasteiger partial charge on any atom is -0.493 e. The summed E-state index contributed by atoms with van der Waals surface area (Å²) in [6.45, 7) is 7.68. The molecule has 104 valence electrons. The van der Waals surface area contributed by atoms with Crippen LogP contribution in [0.3, 0.4) is 0 Å². The number of thiocarbonyl (C=S) groups is 1. The average Bonchev–Trinajstić information content (AvgIpc) is 2.38. The first kappa shape index (κ1) is 15.4. The quantitative estimate of drug-likeness (QED) is 0.477. The predicted octanol–water partition coefficient (Wildman–Crippen LogP) is 2.54. The highest BCUT2D eigenvalue weighted by Gasteiger charge is 2.01. The smallest absolute Gasteiger partial charge is 0.186 e. The Balaban J connectivity index is 2.61. The lowest BCUT2D eigenvalue weighted by molar-refractivity contribution is 0.270. The molecular formula is C14H21N3OS. The molecule has 0 saturated heterocycles. The van der Waals surface area contributed by atoms with Gasteiger partial charge < -0.3 is 10.1 Å². The summed E-state index contributed by atoms with van der Waals surface area (Å²) in [4.78, 5) is 0. The van der Waals surface area contributed by atoms with E-state index in [4.69, 9.17) is 17.0 Å². The van der Waals surface area contributed by atoms with Gasteiger partial charge in [0.15, 0.2) is 5.11 Å². The Morgan fingerprint density at radius 2 is 2.16 bits per heavy atom. The topological polar surface area (TPSA) is 45.7 Å². The molecular weight excluding hydrogens is 258 g/mol. The minimum atomic E-state index is 0.490. The highest BCUT2D eigenvalue weighted by atomic mass is 32.1.